The van der Waals surface area contributed by atoms with Gasteiger partial charge in [-0.05, 0) is 73.4 Å². The van der Waals surface area contributed by atoms with E-state index in [9.17, 15) is 22.4 Å². The Morgan fingerprint density at radius 3 is 2.10 bits per heavy atom. The molecule has 0 aliphatic carbocycles. The zero-order valence-electron chi connectivity index (χ0n) is 24.1. The van der Waals surface area contributed by atoms with Gasteiger partial charge in [0.2, 0.25) is 11.8 Å². The largest absolute Gasteiger partial charge is 0.497 e. The van der Waals surface area contributed by atoms with Gasteiger partial charge in [0.1, 0.15) is 24.2 Å². The van der Waals surface area contributed by atoms with Crippen LogP contribution in [-0.2, 0) is 26.2 Å². The predicted octanol–water partition coefficient (Wildman–Crippen LogP) is 4.92. The third kappa shape index (κ3) is 8.29. The number of carbonyl (C=O) groups is 2. The summed E-state index contributed by atoms with van der Waals surface area (Å²) in [6.45, 7) is 7.57. The second kappa shape index (κ2) is 14.1. The molecule has 3 rings (SSSR count). The van der Waals surface area contributed by atoms with Gasteiger partial charge in [0.25, 0.3) is 10.0 Å². The molecular formula is C31H38FN3O5S. The maximum atomic E-state index is 14.1. The molecule has 0 aliphatic rings. The first kappa shape index (κ1) is 31.6. The quantitative estimate of drug-likeness (QED) is 0.308. The number of carbonyl (C=O) groups excluding carboxylic acids is 2. The molecule has 8 nitrogen and oxygen atoms in total. The topological polar surface area (TPSA) is 96.0 Å². The number of hydrogen-bond acceptors (Lipinski definition) is 5. The van der Waals surface area contributed by atoms with Crippen molar-refractivity contribution in [1.82, 2.24) is 10.2 Å². The fourth-order valence-corrected chi connectivity index (χ4v) is 5.66. The van der Waals surface area contributed by atoms with Crippen LogP contribution in [0.5, 0.6) is 5.75 Å². The molecule has 0 bridgehead atoms. The molecule has 0 spiro atoms. The third-order valence-corrected chi connectivity index (χ3v) is 8.37. The number of rotatable bonds is 13. The van der Waals surface area contributed by atoms with Crippen molar-refractivity contribution >= 4 is 27.5 Å². The molecule has 220 valence electrons. The minimum atomic E-state index is -4.27. The predicted molar refractivity (Wildman–Crippen MR) is 158 cm³/mol. The monoisotopic (exact) mass is 583 g/mol. The summed E-state index contributed by atoms with van der Waals surface area (Å²) >= 11 is 0. The smallest absolute Gasteiger partial charge is 0.264 e. The van der Waals surface area contributed by atoms with Gasteiger partial charge in [0.05, 0.1) is 17.7 Å². The fraction of sp³-hybridized carbons (Fsp3) is 0.355. The lowest BCUT2D eigenvalue weighted by molar-refractivity contribution is -0.140. The van der Waals surface area contributed by atoms with Crippen molar-refractivity contribution in [1.29, 1.82) is 0 Å². The molecule has 0 aliphatic heterocycles. The number of amides is 2. The molecule has 0 aromatic heterocycles. The Balaban J connectivity index is 2.03. The number of sulfonamides is 1. The first-order valence-corrected chi connectivity index (χ1v) is 14.9. The van der Waals surface area contributed by atoms with Crippen LogP contribution in [0.2, 0.25) is 0 Å². The van der Waals surface area contributed by atoms with E-state index in [1.807, 2.05) is 20.8 Å². The van der Waals surface area contributed by atoms with Gasteiger partial charge >= 0.3 is 0 Å². The molecule has 10 heteroatoms. The second-order valence-electron chi connectivity index (χ2n) is 10.2. The van der Waals surface area contributed by atoms with Crippen molar-refractivity contribution in [3.05, 3.63) is 89.7 Å². The number of nitrogens with zero attached hydrogens (tertiary/aromatic N) is 2. The molecule has 0 fully saturated rings. The molecule has 0 unspecified atom stereocenters. The van der Waals surface area contributed by atoms with Crippen LogP contribution in [0, 0.1) is 18.7 Å². The maximum Gasteiger partial charge on any atom is 0.264 e. The fourth-order valence-electron chi connectivity index (χ4n) is 4.24. The molecule has 2 amide bonds. The molecule has 0 saturated heterocycles. The lowest BCUT2D eigenvalue weighted by atomic mass is 10.1. The van der Waals surface area contributed by atoms with Gasteiger partial charge in [-0.3, -0.25) is 13.9 Å². The maximum absolute atomic E-state index is 14.1. The highest BCUT2D eigenvalue weighted by molar-refractivity contribution is 7.92. The minimum absolute atomic E-state index is 0.0781. The van der Waals surface area contributed by atoms with E-state index in [0.29, 0.717) is 18.7 Å². The van der Waals surface area contributed by atoms with Crippen LogP contribution in [0.1, 0.15) is 38.3 Å². The van der Waals surface area contributed by atoms with Gasteiger partial charge in [-0.1, -0.05) is 50.6 Å². The van der Waals surface area contributed by atoms with Gasteiger partial charge in [-0.15, -0.1) is 0 Å². The lowest BCUT2D eigenvalue weighted by Crippen LogP contribution is -2.52. The standard InChI is InChI=1S/C31H38FN3O5S/c1-6-29(31(37)33-19-22(2)3)34(20-24-9-15-27(40-5)16-10-24)30(36)21-35(26-13-7-23(4)8-14-26)41(38,39)28-17-11-25(32)12-18-28/h7-18,22,29H,6,19-21H2,1-5H3,(H,33,37)/t29-/m0/s1. The number of methoxy groups -OCH3 is 1. The van der Waals surface area contributed by atoms with E-state index in [4.69, 9.17) is 4.74 Å². The van der Waals surface area contributed by atoms with E-state index in [0.717, 1.165) is 27.6 Å². The van der Waals surface area contributed by atoms with Crippen LogP contribution >= 0.6 is 0 Å². The first-order valence-electron chi connectivity index (χ1n) is 13.5. The number of aryl methyl sites for hydroxylation is 1. The van der Waals surface area contributed by atoms with Crippen LogP contribution in [0.15, 0.2) is 77.7 Å². The number of halogens is 1. The normalized spacial score (nSPS) is 12.1. The number of anilines is 1. The summed E-state index contributed by atoms with van der Waals surface area (Å²) in [5.41, 5.74) is 1.93. The summed E-state index contributed by atoms with van der Waals surface area (Å²) in [6.07, 6.45) is 0.321. The Hall–Kier alpha value is -3.92. The number of hydrogen-bond donors (Lipinski definition) is 1. The molecule has 0 saturated carbocycles. The summed E-state index contributed by atoms with van der Waals surface area (Å²) in [5.74, 6) is -0.597. The summed E-state index contributed by atoms with van der Waals surface area (Å²) in [4.78, 5) is 28.6. The van der Waals surface area contributed by atoms with Crippen molar-refractivity contribution in [3.8, 4) is 5.75 Å². The minimum Gasteiger partial charge on any atom is -0.497 e. The average molecular weight is 584 g/mol. The van der Waals surface area contributed by atoms with Crippen molar-refractivity contribution < 1.29 is 27.1 Å². The Morgan fingerprint density at radius 2 is 1.56 bits per heavy atom. The van der Waals surface area contributed by atoms with Crippen LogP contribution in [0.4, 0.5) is 10.1 Å². The highest BCUT2D eigenvalue weighted by atomic mass is 32.2. The molecule has 41 heavy (non-hydrogen) atoms. The van der Waals surface area contributed by atoms with Crippen LogP contribution in [0.25, 0.3) is 0 Å². The molecular weight excluding hydrogens is 545 g/mol. The van der Waals surface area contributed by atoms with Gasteiger partial charge in [-0.25, -0.2) is 12.8 Å². The Kier molecular flexibility index (Phi) is 10.9. The van der Waals surface area contributed by atoms with Crippen LogP contribution in [-0.4, -0.2) is 51.4 Å². The molecule has 3 aromatic carbocycles. The van der Waals surface area contributed by atoms with Crippen molar-refractivity contribution in [3.63, 3.8) is 0 Å². The Morgan fingerprint density at radius 1 is 0.951 bits per heavy atom. The van der Waals surface area contributed by atoms with Crippen molar-refractivity contribution in [2.24, 2.45) is 5.92 Å². The van der Waals surface area contributed by atoms with E-state index < -0.39 is 34.3 Å². The molecule has 1 N–H and O–H groups in total. The van der Waals surface area contributed by atoms with E-state index in [-0.39, 0.29) is 29.0 Å². The summed E-state index contributed by atoms with van der Waals surface area (Å²) < 4.78 is 47.5. The van der Waals surface area contributed by atoms with Gasteiger partial charge in [-0.2, -0.15) is 0 Å². The summed E-state index contributed by atoms with van der Waals surface area (Å²) in [6, 6.07) is 17.5. The number of ether oxygens (including phenoxy) is 1. The molecule has 0 radical (unpaired) electrons. The van der Waals surface area contributed by atoms with Crippen LogP contribution < -0.4 is 14.4 Å². The van der Waals surface area contributed by atoms with E-state index in [1.165, 1.54) is 17.0 Å². The average Bonchev–Trinajstić information content (AvgIpc) is 2.95. The van der Waals surface area contributed by atoms with Crippen molar-refractivity contribution in [2.75, 3.05) is 24.5 Å². The highest BCUT2D eigenvalue weighted by Gasteiger charge is 2.33. The first-order chi connectivity index (χ1) is 19.5. The molecule has 3 aromatic rings. The summed E-state index contributed by atoms with van der Waals surface area (Å²) in [5, 5.41) is 2.90. The summed E-state index contributed by atoms with van der Waals surface area (Å²) in [7, 11) is -2.71. The zero-order chi connectivity index (χ0) is 30.2. The van der Waals surface area contributed by atoms with E-state index in [1.54, 1.807) is 62.6 Å². The van der Waals surface area contributed by atoms with Crippen molar-refractivity contribution in [2.45, 2.75) is 51.6 Å². The van der Waals surface area contributed by atoms with Crippen LogP contribution in [0.3, 0.4) is 0 Å². The second-order valence-corrected chi connectivity index (χ2v) is 12.1. The lowest BCUT2D eigenvalue weighted by Gasteiger charge is -2.33. The van der Waals surface area contributed by atoms with E-state index in [2.05, 4.69) is 5.32 Å². The van der Waals surface area contributed by atoms with Gasteiger partial charge in [0, 0.05) is 13.1 Å². The Bertz CT molecular complexity index is 1410. The SMILES string of the molecule is CC[C@@H](C(=O)NCC(C)C)N(Cc1ccc(OC)cc1)C(=O)CN(c1ccc(C)cc1)S(=O)(=O)c1ccc(F)cc1. The highest BCUT2D eigenvalue weighted by Crippen LogP contribution is 2.26. The third-order valence-electron chi connectivity index (χ3n) is 6.58. The van der Waals surface area contributed by atoms with E-state index >= 15 is 0 Å². The zero-order valence-corrected chi connectivity index (χ0v) is 24.9. The van der Waals surface area contributed by atoms with Gasteiger partial charge in [0.15, 0.2) is 0 Å². The number of benzene rings is 3. The molecule has 1 atom stereocenters. The van der Waals surface area contributed by atoms with Gasteiger partial charge < -0.3 is 15.0 Å². The number of nitrogens with one attached hydrogen (secondary N) is 1. The molecule has 0 heterocycles. The Labute approximate surface area is 242 Å².